The van der Waals surface area contributed by atoms with Crippen LogP contribution in [0.2, 0.25) is 0 Å². The molecular weight excluding hydrogens is 348 g/mol. The average molecular weight is 361 g/mol. The van der Waals surface area contributed by atoms with Crippen molar-refractivity contribution >= 4 is 56.5 Å². The Kier molecular flexibility index (Phi) is 5.18. The molecule has 0 spiro atoms. The predicted octanol–water partition coefficient (Wildman–Crippen LogP) is 3.34. The molecule has 7 heteroatoms. The summed E-state index contributed by atoms with van der Waals surface area (Å²) < 4.78 is 3.09. The van der Waals surface area contributed by atoms with Gasteiger partial charge in [0.25, 0.3) is 0 Å². The van der Waals surface area contributed by atoms with Crippen LogP contribution in [0, 0.1) is 0 Å². The molecule has 0 radical (unpaired) electrons. The highest BCUT2D eigenvalue weighted by Gasteiger charge is 2.12. The summed E-state index contributed by atoms with van der Waals surface area (Å²) in [7, 11) is 0. The largest absolute Gasteiger partial charge is 0.481 e. The van der Waals surface area contributed by atoms with Gasteiger partial charge in [-0.05, 0) is 24.5 Å². The molecule has 0 aliphatic rings. The molecule has 4 nitrogen and oxygen atoms in total. The zero-order valence-electron chi connectivity index (χ0n) is 10.3. The number of thioether (sulfide) groups is 2. The Bertz CT molecular complexity index is 601. The van der Waals surface area contributed by atoms with Gasteiger partial charge in [0.15, 0.2) is 5.16 Å². The Labute approximate surface area is 128 Å². The van der Waals surface area contributed by atoms with E-state index in [1.54, 1.807) is 11.8 Å². The maximum Gasteiger partial charge on any atom is 0.313 e. The summed E-state index contributed by atoms with van der Waals surface area (Å²) in [5, 5.41) is 9.56. The second-order valence-corrected chi connectivity index (χ2v) is 6.70. The molecule has 0 saturated heterocycles. The lowest BCUT2D eigenvalue weighted by Crippen LogP contribution is -2.04. The minimum absolute atomic E-state index is 0.0315. The van der Waals surface area contributed by atoms with Crippen LogP contribution in [0.25, 0.3) is 11.0 Å². The van der Waals surface area contributed by atoms with E-state index in [4.69, 9.17) is 5.11 Å². The van der Waals surface area contributed by atoms with Crippen molar-refractivity contribution in [3.05, 3.63) is 22.7 Å². The van der Waals surface area contributed by atoms with Crippen LogP contribution in [0.3, 0.4) is 0 Å². The number of fused-ring (bicyclic) bond motifs is 1. The molecule has 2 aromatic rings. The number of carboxylic acid groups (broad SMARTS) is 1. The molecule has 1 N–H and O–H groups in total. The van der Waals surface area contributed by atoms with Crippen LogP contribution in [-0.2, 0) is 11.3 Å². The van der Waals surface area contributed by atoms with Crippen molar-refractivity contribution < 1.29 is 9.90 Å². The first-order valence-corrected chi connectivity index (χ1v) is 8.78. The molecule has 19 heavy (non-hydrogen) atoms. The summed E-state index contributed by atoms with van der Waals surface area (Å²) in [6.45, 7) is 0.829. The van der Waals surface area contributed by atoms with Gasteiger partial charge in [-0.2, -0.15) is 11.8 Å². The number of carboxylic acids is 1. The monoisotopic (exact) mass is 360 g/mol. The number of benzene rings is 1. The summed E-state index contributed by atoms with van der Waals surface area (Å²) in [6, 6.07) is 5.91. The van der Waals surface area contributed by atoms with Crippen molar-refractivity contribution in [1.82, 2.24) is 9.55 Å². The SMILES string of the molecule is CSCCn1c(SCC(=O)O)nc2ccc(Br)cc21. The molecule has 0 atom stereocenters. The van der Waals surface area contributed by atoms with Crippen LogP contribution in [0.5, 0.6) is 0 Å². The van der Waals surface area contributed by atoms with Crippen LogP contribution in [0.1, 0.15) is 0 Å². The third kappa shape index (κ3) is 3.67. The maximum absolute atomic E-state index is 10.7. The van der Waals surface area contributed by atoms with E-state index < -0.39 is 5.97 Å². The molecule has 0 amide bonds. The van der Waals surface area contributed by atoms with E-state index in [9.17, 15) is 4.79 Å². The van der Waals surface area contributed by atoms with Crippen molar-refractivity contribution in [2.45, 2.75) is 11.7 Å². The molecule has 1 heterocycles. The van der Waals surface area contributed by atoms with Gasteiger partial charge in [-0.3, -0.25) is 4.79 Å². The van der Waals surface area contributed by atoms with Crippen LogP contribution in [0.4, 0.5) is 0 Å². The summed E-state index contributed by atoms with van der Waals surface area (Å²) in [4.78, 5) is 15.2. The number of halogens is 1. The first-order chi connectivity index (χ1) is 9.11. The number of aliphatic carboxylic acids is 1. The highest BCUT2D eigenvalue weighted by atomic mass is 79.9. The molecule has 0 aliphatic heterocycles. The molecule has 0 unspecified atom stereocenters. The van der Waals surface area contributed by atoms with E-state index in [-0.39, 0.29) is 5.75 Å². The molecule has 0 aliphatic carbocycles. The number of aryl methyl sites for hydroxylation is 1. The van der Waals surface area contributed by atoms with Gasteiger partial charge < -0.3 is 9.67 Å². The Morgan fingerprint density at radius 2 is 2.32 bits per heavy atom. The minimum atomic E-state index is -0.824. The van der Waals surface area contributed by atoms with Gasteiger partial charge in [0.2, 0.25) is 0 Å². The van der Waals surface area contributed by atoms with Crippen LogP contribution >= 0.6 is 39.5 Å². The fourth-order valence-corrected chi connectivity index (χ4v) is 3.18. The fraction of sp³-hybridized carbons (Fsp3) is 0.333. The Balaban J connectivity index is 2.39. The molecule has 0 bridgehead atoms. The van der Waals surface area contributed by atoms with Gasteiger partial charge in [0.1, 0.15) is 0 Å². The third-order valence-electron chi connectivity index (χ3n) is 2.52. The van der Waals surface area contributed by atoms with Gasteiger partial charge >= 0.3 is 5.97 Å². The first-order valence-electron chi connectivity index (χ1n) is 5.61. The number of aromatic nitrogens is 2. The van der Waals surface area contributed by atoms with Crippen molar-refractivity contribution in [1.29, 1.82) is 0 Å². The topological polar surface area (TPSA) is 55.1 Å². The summed E-state index contributed by atoms with van der Waals surface area (Å²) >= 11 is 6.48. The lowest BCUT2D eigenvalue weighted by Gasteiger charge is -2.07. The Morgan fingerprint density at radius 3 is 3.00 bits per heavy atom. The van der Waals surface area contributed by atoms with Crippen molar-refractivity contribution in [2.75, 3.05) is 17.8 Å². The number of carbonyl (C=O) groups is 1. The molecule has 2 rings (SSSR count). The Hall–Kier alpha value is -0.660. The third-order valence-corrected chi connectivity index (χ3v) is 4.56. The first kappa shape index (κ1) is 14.7. The maximum atomic E-state index is 10.7. The molecule has 1 aromatic heterocycles. The van der Waals surface area contributed by atoms with E-state index in [1.165, 1.54) is 11.8 Å². The van der Waals surface area contributed by atoms with E-state index in [1.807, 2.05) is 18.2 Å². The number of hydrogen-bond donors (Lipinski definition) is 1. The quantitative estimate of drug-likeness (QED) is 0.800. The summed E-state index contributed by atoms with van der Waals surface area (Å²) in [5.74, 6) is 0.178. The van der Waals surface area contributed by atoms with E-state index in [0.29, 0.717) is 0 Å². The lowest BCUT2D eigenvalue weighted by atomic mass is 10.3. The standard InChI is InChI=1S/C12H13BrN2O2S2/c1-18-5-4-15-10-6-8(13)2-3-9(10)14-12(15)19-7-11(16)17/h2-3,6H,4-5,7H2,1H3,(H,16,17). The van der Waals surface area contributed by atoms with E-state index >= 15 is 0 Å². The van der Waals surface area contributed by atoms with Crippen molar-refractivity contribution in [2.24, 2.45) is 0 Å². The van der Waals surface area contributed by atoms with Gasteiger partial charge in [-0.15, -0.1) is 0 Å². The van der Waals surface area contributed by atoms with Crippen LogP contribution in [-0.4, -0.2) is 38.4 Å². The van der Waals surface area contributed by atoms with Gasteiger partial charge in [-0.25, -0.2) is 4.98 Å². The Morgan fingerprint density at radius 1 is 1.53 bits per heavy atom. The lowest BCUT2D eigenvalue weighted by molar-refractivity contribution is -0.133. The molecule has 0 fully saturated rings. The smallest absolute Gasteiger partial charge is 0.313 e. The zero-order valence-corrected chi connectivity index (χ0v) is 13.5. The molecular formula is C12H13BrN2O2S2. The fourth-order valence-electron chi connectivity index (χ4n) is 1.71. The predicted molar refractivity (Wildman–Crippen MR) is 84.2 cm³/mol. The van der Waals surface area contributed by atoms with Crippen molar-refractivity contribution in [3.8, 4) is 0 Å². The number of imidazole rings is 1. The van der Waals surface area contributed by atoms with Crippen LogP contribution < -0.4 is 0 Å². The highest BCUT2D eigenvalue weighted by Crippen LogP contribution is 2.26. The number of hydrogen-bond acceptors (Lipinski definition) is 4. The summed E-state index contributed by atoms with van der Waals surface area (Å²) in [6.07, 6.45) is 2.05. The van der Waals surface area contributed by atoms with Gasteiger partial charge in [0.05, 0.1) is 16.8 Å². The zero-order chi connectivity index (χ0) is 13.8. The van der Waals surface area contributed by atoms with Gasteiger partial charge in [0, 0.05) is 16.8 Å². The summed E-state index contributed by atoms with van der Waals surface area (Å²) in [5.41, 5.74) is 1.94. The highest BCUT2D eigenvalue weighted by molar-refractivity contribution is 9.10. The second-order valence-electron chi connectivity index (χ2n) is 3.85. The number of rotatable bonds is 6. The van der Waals surface area contributed by atoms with Crippen LogP contribution in [0.15, 0.2) is 27.8 Å². The second kappa shape index (κ2) is 6.67. The van der Waals surface area contributed by atoms with E-state index in [2.05, 4.69) is 31.7 Å². The average Bonchev–Trinajstić information content (AvgIpc) is 2.71. The minimum Gasteiger partial charge on any atom is -0.481 e. The number of nitrogens with zero attached hydrogens (tertiary/aromatic N) is 2. The molecule has 0 saturated carbocycles. The van der Waals surface area contributed by atoms with Crippen molar-refractivity contribution in [3.63, 3.8) is 0 Å². The molecule has 102 valence electrons. The normalized spacial score (nSPS) is 11.1. The van der Waals surface area contributed by atoms with Gasteiger partial charge in [-0.1, -0.05) is 27.7 Å². The molecule has 1 aromatic carbocycles. The van der Waals surface area contributed by atoms with E-state index in [0.717, 1.165) is 33.0 Å².